The number of benzene rings is 1. The van der Waals surface area contributed by atoms with E-state index in [4.69, 9.17) is 9.72 Å². The fraction of sp³-hybridized carbons (Fsp3) is 0.450. The molecule has 1 fully saturated rings. The van der Waals surface area contributed by atoms with Gasteiger partial charge in [0.25, 0.3) is 5.91 Å². The van der Waals surface area contributed by atoms with Crippen molar-refractivity contribution in [2.75, 3.05) is 37.7 Å². The third-order valence-electron chi connectivity index (χ3n) is 4.55. The summed E-state index contributed by atoms with van der Waals surface area (Å²) in [6.45, 7) is 9.82. The van der Waals surface area contributed by atoms with E-state index in [2.05, 4.69) is 22.1 Å². The molecule has 1 aliphatic heterocycles. The van der Waals surface area contributed by atoms with Crippen molar-refractivity contribution in [3.63, 3.8) is 0 Å². The molecule has 1 aromatic heterocycles. The highest BCUT2D eigenvalue weighted by molar-refractivity contribution is 7.98. The molecular weight excluding hydrogens is 360 g/mol. The van der Waals surface area contributed by atoms with Gasteiger partial charge < -0.3 is 15.0 Å². The molecule has 1 saturated heterocycles. The zero-order valence-electron chi connectivity index (χ0n) is 16.1. The van der Waals surface area contributed by atoms with E-state index >= 15 is 0 Å². The Hall–Kier alpha value is -2.12. The molecule has 0 unspecified atom stereocenters. The van der Waals surface area contributed by atoms with Gasteiger partial charge in [-0.15, -0.1) is 0 Å². The minimum atomic E-state index is -0.0404. The van der Waals surface area contributed by atoms with Crippen molar-refractivity contribution >= 4 is 23.5 Å². The molecule has 1 aliphatic rings. The summed E-state index contributed by atoms with van der Waals surface area (Å²) in [5.41, 5.74) is 3.90. The molecule has 1 amide bonds. The second-order valence-corrected chi connectivity index (χ2v) is 7.43. The summed E-state index contributed by atoms with van der Waals surface area (Å²) in [6, 6.07) is 7.71. The molecule has 7 heteroatoms. The number of hydrogen-bond donors (Lipinski definition) is 1. The Morgan fingerprint density at radius 2 is 2.04 bits per heavy atom. The lowest BCUT2D eigenvalue weighted by Crippen LogP contribution is -2.37. The van der Waals surface area contributed by atoms with Gasteiger partial charge in [0.1, 0.15) is 5.82 Å². The Morgan fingerprint density at radius 1 is 1.26 bits per heavy atom. The number of rotatable bonds is 6. The average Bonchev–Trinajstić information content (AvgIpc) is 2.70. The Labute approximate surface area is 164 Å². The summed E-state index contributed by atoms with van der Waals surface area (Å²) in [5, 5.41) is 3.60. The lowest BCUT2D eigenvalue weighted by Gasteiger charge is -2.29. The highest BCUT2D eigenvalue weighted by atomic mass is 32.2. The maximum atomic E-state index is 12.0. The first-order chi connectivity index (χ1) is 13.1. The third kappa shape index (κ3) is 4.99. The van der Waals surface area contributed by atoms with Gasteiger partial charge in [-0.2, -0.15) is 0 Å². The number of aromatic nitrogens is 2. The molecule has 0 radical (unpaired) electrons. The lowest BCUT2D eigenvalue weighted by atomic mass is 10.1. The largest absolute Gasteiger partial charge is 0.378 e. The van der Waals surface area contributed by atoms with Crippen molar-refractivity contribution in [1.29, 1.82) is 0 Å². The summed E-state index contributed by atoms with van der Waals surface area (Å²) >= 11 is 1.60. The van der Waals surface area contributed by atoms with E-state index in [1.165, 1.54) is 0 Å². The smallest absolute Gasteiger partial charge is 0.251 e. The van der Waals surface area contributed by atoms with Crippen molar-refractivity contribution < 1.29 is 9.53 Å². The number of anilines is 1. The monoisotopic (exact) mass is 386 g/mol. The molecule has 0 bridgehead atoms. The van der Waals surface area contributed by atoms with Gasteiger partial charge in [-0.05, 0) is 38.5 Å². The molecular formula is C20H26N4O2S. The van der Waals surface area contributed by atoms with Crippen LogP contribution in [0.1, 0.15) is 34.1 Å². The molecule has 1 N–H and O–H groups in total. The number of hydrogen-bond acceptors (Lipinski definition) is 6. The Kier molecular flexibility index (Phi) is 6.68. The predicted octanol–water partition coefficient (Wildman–Crippen LogP) is 2.97. The molecule has 2 heterocycles. The normalized spacial score (nSPS) is 14.3. The summed E-state index contributed by atoms with van der Waals surface area (Å²) in [6.07, 6.45) is 0. The molecule has 27 heavy (non-hydrogen) atoms. The number of nitrogens with one attached hydrogen (secondary N) is 1. The van der Waals surface area contributed by atoms with Crippen LogP contribution in [-0.2, 0) is 10.5 Å². The van der Waals surface area contributed by atoms with E-state index in [0.29, 0.717) is 12.1 Å². The van der Waals surface area contributed by atoms with Crippen molar-refractivity contribution in [2.24, 2.45) is 0 Å². The molecule has 0 saturated carbocycles. The second-order valence-electron chi connectivity index (χ2n) is 6.49. The zero-order chi connectivity index (χ0) is 19.2. The van der Waals surface area contributed by atoms with Gasteiger partial charge in [-0.3, -0.25) is 4.79 Å². The first-order valence-corrected chi connectivity index (χ1v) is 10.2. The zero-order valence-corrected chi connectivity index (χ0v) is 16.9. The Balaban J connectivity index is 1.73. The first kappa shape index (κ1) is 19.6. The summed E-state index contributed by atoms with van der Waals surface area (Å²) in [5.74, 6) is 1.68. The van der Waals surface area contributed by atoms with E-state index in [1.54, 1.807) is 11.8 Å². The number of ether oxygens (including phenoxy) is 1. The van der Waals surface area contributed by atoms with E-state index in [0.717, 1.165) is 59.9 Å². The predicted molar refractivity (Wildman–Crippen MR) is 109 cm³/mol. The van der Waals surface area contributed by atoms with Crippen LogP contribution in [0.4, 0.5) is 5.82 Å². The van der Waals surface area contributed by atoms with Gasteiger partial charge in [0, 0.05) is 42.2 Å². The number of thioether (sulfide) groups is 1. The topological polar surface area (TPSA) is 67.4 Å². The van der Waals surface area contributed by atoms with Gasteiger partial charge in [0.05, 0.1) is 13.2 Å². The second kappa shape index (κ2) is 9.19. The number of aryl methyl sites for hydroxylation is 1. The summed E-state index contributed by atoms with van der Waals surface area (Å²) < 4.78 is 5.45. The van der Waals surface area contributed by atoms with Gasteiger partial charge in [0.15, 0.2) is 5.16 Å². The van der Waals surface area contributed by atoms with Crippen LogP contribution in [0, 0.1) is 13.8 Å². The van der Waals surface area contributed by atoms with E-state index in [9.17, 15) is 4.79 Å². The number of morpholine rings is 1. The van der Waals surface area contributed by atoms with Crippen LogP contribution in [0.5, 0.6) is 0 Å². The lowest BCUT2D eigenvalue weighted by molar-refractivity contribution is 0.0955. The van der Waals surface area contributed by atoms with Crippen LogP contribution in [0.25, 0.3) is 0 Å². The molecule has 144 valence electrons. The Morgan fingerprint density at radius 3 is 2.78 bits per heavy atom. The van der Waals surface area contributed by atoms with E-state index in [1.807, 2.05) is 38.1 Å². The fourth-order valence-corrected chi connectivity index (χ4v) is 3.78. The Bertz CT molecular complexity index is 807. The van der Waals surface area contributed by atoms with Crippen LogP contribution in [-0.4, -0.2) is 48.7 Å². The highest BCUT2D eigenvalue weighted by Gasteiger charge is 2.18. The van der Waals surface area contributed by atoms with Crippen LogP contribution >= 0.6 is 11.8 Å². The molecule has 3 rings (SSSR count). The van der Waals surface area contributed by atoms with Gasteiger partial charge >= 0.3 is 0 Å². The molecule has 0 aliphatic carbocycles. The SMILES string of the molecule is CCNC(=O)c1cccc(CSc2nc(C)c(C)c(N3CCOCC3)n2)c1. The standard InChI is InChI=1S/C20H26N4O2S/c1-4-21-19(25)17-7-5-6-16(12-17)13-27-20-22-15(3)14(2)18(23-20)24-8-10-26-11-9-24/h5-7,12H,4,8-11,13H2,1-3H3,(H,21,25). The van der Waals surface area contributed by atoms with Gasteiger partial charge in [-0.25, -0.2) is 9.97 Å². The number of amides is 1. The first-order valence-electron chi connectivity index (χ1n) is 9.26. The fourth-order valence-electron chi connectivity index (χ4n) is 2.95. The maximum absolute atomic E-state index is 12.0. The van der Waals surface area contributed by atoms with Crippen molar-refractivity contribution in [2.45, 2.75) is 31.7 Å². The van der Waals surface area contributed by atoms with E-state index < -0.39 is 0 Å². The number of nitrogens with zero attached hydrogens (tertiary/aromatic N) is 3. The van der Waals surface area contributed by atoms with Crippen LogP contribution < -0.4 is 10.2 Å². The minimum Gasteiger partial charge on any atom is -0.378 e. The average molecular weight is 387 g/mol. The summed E-state index contributed by atoms with van der Waals surface area (Å²) in [7, 11) is 0. The van der Waals surface area contributed by atoms with Crippen molar-refractivity contribution in [1.82, 2.24) is 15.3 Å². The van der Waals surface area contributed by atoms with Gasteiger partial charge in [0.2, 0.25) is 0 Å². The number of carbonyl (C=O) groups is 1. The van der Waals surface area contributed by atoms with Crippen LogP contribution in [0.15, 0.2) is 29.4 Å². The molecule has 6 nitrogen and oxygen atoms in total. The quantitative estimate of drug-likeness (QED) is 0.608. The van der Waals surface area contributed by atoms with E-state index in [-0.39, 0.29) is 5.91 Å². The minimum absolute atomic E-state index is 0.0404. The van der Waals surface area contributed by atoms with Crippen LogP contribution in [0.2, 0.25) is 0 Å². The maximum Gasteiger partial charge on any atom is 0.251 e. The van der Waals surface area contributed by atoms with Gasteiger partial charge in [-0.1, -0.05) is 23.9 Å². The molecule has 1 aromatic carbocycles. The third-order valence-corrected chi connectivity index (χ3v) is 5.47. The molecule has 0 atom stereocenters. The molecule has 2 aromatic rings. The van der Waals surface area contributed by atoms with Crippen molar-refractivity contribution in [3.8, 4) is 0 Å². The van der Waals surface area contributed by atoms with Crippen LogP contribution in [0.3, 0.4) is 0 Å². The highest BCUT2D eigenvalue weighted by Crippen LogP contribution is 2.26. The van der Waals surface area contributed by atoms with Crippen molar-refractivity contribution in [3.05, 3.63) is 46.6 Å². The molecule has 0 spiro atoms. The summed E-state index contributed by atoms with van der Waals surface area (Å²) in [4.78, 5) is 23.7. The number of carbonyl (C=O) groups excluding carboxylic acids is 1.